The number of alkyl halides is 2. The molecule has 0 saturated carbocycles. The SMILES string of the molecule is CC(CN1CCN(c2ccccn2)CC1)NC(=O)c1sccc1S(=O)(=O)C(F)F. The van der Waals surface area contributed by atoms with E-state index < -0.39 is 26.4 Å². The lowest BCUT2D eigenvalue weighted by atomic mass is 10.2. The van der Waals surface area contributed by atoms with Gasteiger partial charge in [0.1, 0.15) is 10.7 Å². The molecular formula is C18H22F2N4O3S2. The minimum absolute atomic E-state index is 0.211. The standard InChI is InChI=1S/C18H22F2N4O3S2/c1-13(12-23-7-9-24(10-8-23)15-4-2-3-6-21-15)22-17(25)16-14(5-11-28-16)29(26,27)18(19)20/h2-6,11,13,18H,7-10,12H2,1H3,(H,22,25). The van der Waals surface area contributed by atoms with Crippen LogP contribution in [0, 0.1) is 0 Å². The number of carbonyl (C=O) groups excluding carboxylic acids is 1. The molecular weight excluding hydrogens is 422 g/mol. The quantitative estimate of drug-likeness (QED) is 0.704. The van der Waals surface area contributed by atoms with Crippen LogP contribution >= 0.6 is 11.3 Å². The highest BCUT2D eigenvalue weighted by atomic mass is 32.2. The summed E-state index contributed by atoms with van der Waals surface area (Å²) in [7, 11) is -4.81. The van der Waals surface area contributed by atoms with Crippen molar-refractivity contribution in [1.82, 2.24) is 15.2 Å². The summed E-state index contributed by atoms with van der Waals surface area (Å²) in [5, 5.41) is 4.04. The molecule has 1 aliphatic heterocycles. The second kappa shape index (κ2) is 9.14. The number of rotatable bonds is 7. The van der Waals surface area contributed by atoms with Crippen LogP contribution in [0.1, 0.15) is 16.6 Å². The summed E-state index contributed by atoms with van der Waals surface area (Å²) >= 11 is 0.836. The number of nitrogens with one attached hydrogen (secondary N) is 1. The van der Waals surface area contributed by atoms with Crippen LogP contribution in [-0.4, -0.2) is 68.7 Å². The van der Waals surface area contributed by atoms with Gasteiger partial charge in [0.25, 0.3) is 5.91 Å². The summed E-state index contributed by atoms with van der Waals surface area (Å²) < 4.78 is 49.1. The molecule has 1 amide bonds. The molecule has 3 heterocycles. The average molecular weight is 445 g/mol. The number of carbonyl (C=O) groups is 1. The summed E-state index contributed by atoms with van der Waals surface area (Å²) in [5.74, 6) is -3.28. The summed E-state index contributed by atoms with van der Waals surface area (Å²) in [6, 6.07) is 6.55. The Morgan fingerprint density at radius 3 is 2.59 bits per heavy atom. The first-order chi connectivity index (χ1) is 13.8. The molecule has 158 valence electrons. The third-order valence-electron chi connectivity index (χ3n) is 4.63. The van der Waals surface area contributed by atoms with Crippen molar-refractivity contribution in [2.24, 2.45) is 0 Å². The van der Waals surface area contributed by atoms with E-state index in [1.807, 2.05) is 18.2 Å². The van der Waals surface area contributed by atoms with E-state index in [-0.39, 0.29) is 10.9 Å². The van der Waals surface area contributed by atoms with Crippen molar-refractivity contribution in [1.29, 1.82) is 0 Å². The van der Waals surface area contributed by atoms with E-state index in [4.69, 9.17) is 0 Å². The summed E-state index contributed by atoms with van der Waals surface area (Å²) in [5.41, 5.74) is 0. The van der Waals surface area contributed by atoms with Crippen LogP contribution in [0.25, 0.3) is 0 Å². The van der Waals surface area contributed by atoms with Crippen molar-refractivity contribution in [3.63, 3.8) is 0 Å². The Bertz CT molecular complexity index is 930. The number of anilines is 1. The fraction of sp³-hybridized carbons (Fsp3) is 0.444. The molecule has 1 unspecified atom stereocenters. The molecule has 0 aliphatic carbocycles. The Kier molecular flexibility index (Phi) is 6.81. The fourth-order valence-electron chi connectivity index (χ4n) is 3.21. The van der Waals surface area contributed by atoms with Gasteiger partial charge in [-0.25, -0.2) is 13.4 Å². The summed E-state index contributed by atoms with van der Waals surface area (Å²) in [6.07, 6.45) is 1.76. The monoisotopic (exact) mass is 444 g/mol. The normalized spacial score (nSPS) is 16.8. The lowest BCUT2D eigenvalue weighted by Gasteiger charge is -2.36. The molecule has 0 bridgehead atoms. The number of halogens is 2. The molecule has 29 heavy (non-hydrogen) atoms. The molecule has 3 rings (SSSR count). The van der Waals surface area contributed by atoms with Gasteiger partial charge in [-0.05, 0) is 30.5 Å². The maximum absolute atomic E-state index is 12.8. The van der Waals surface area contributed by atoms with Crippen molar-refractivity contribution in [3.05, 3.63) is 40.7 Å². The zero-order chi connectivity index (χ0) is 21.0. The van der Waals surface area contributed by atoms with Gasteiger partial charge in [-0.1, -0.05) is 6.07 Å². The van der Waals surface area contributed by atoms with Gasteiger partial charge in [0.05, 0.1) is 4.90 Å². The average Bonchev–Trinajstić information content (AvgIpc) is 3.20. The van der Waals surface area contributed by atoms with Crippen LogP contribution in [0.3, 0.4) is 0 Å². The zero-order valence-corrected chi connectivity index (χ0v) is 17.4. The van der Waals surface area contributed by atoms with Crippen LogP contribution in [0.15, 0.2) is 40.7 Å². The highest BCUT2D eigenvalue weighted by Crippen LogP contribution is 2.26. The van der Waals surface area contributed by atoms with E-state index >= 15 is 0 Å². The number of amides is 1. The largest absolute Gasteiger partial charge is 0.354 e. The number of thiophene rings is 1. The number of hydrogen-bond donors (Lipinski definition) is 1. The Morgan fingerprint density at radius 2 is 1.97 bits per heavy atom. The summed E-state index contributed by atoms with van der Waals surface area (Å²) in [6.45, 7) is 5.57. The summed E-state index contributed by atoms with van der Waals surface area (Å²) in [4.78, 5) is 20.3. The van der Waals surface area contributed by atoms with Crippen molar-refractivity contribution in [2.75, 3.05) is 37.6 Å². The number of nitrogens with zero attached hydrogens (tertiary/aromatic N) is 3. The van der Waals surface area contributed by atoms with Crippen LogP contribution in [0.4, 0.5) is 14.6 Å². The minimum Gasteiger partial charge on any atom is -0.354 e. The van der Waals surface area contributed by atoms with Crippen LogP contribution in [0.5, 0.6) is 0 Å². The second-order valence-corrected chi connectivity index (χ2v) is 9.57. The van der Waals surface area contributed by atoms with Gasteiger partial charge in [-0.2, -0.15) is 8.78 Å². The molecule has 2 aromatic rings. The first-order valence-corrected chi connectivity index (χ1v) is 11.5. The lowest BCUT2D eigenvalue weighted by molar-refractivity contribution is 0.0929. The Hall–Kier alpha value is -2.11. The van der Waals surface area contributed by atoms with Crippen LogP contribution in [-0.2, 0) is 9.84 Å². The van der Waals surface area contributed by atoms with Crippen molar-refractivity contribution < 1.29 is 22.0 Å². The van der Waals surface area contributed by atoms with E-state index in [9.17, 15) is 22.0 Å². The molecule has 1 N–H and O–H groups in total. The number of hydrogen-bond acceptors (Lipinski definition) is 7. The van der Waals surface area contributed by atoms with Gasteiger partial charge >= 0.3 is 5.76 Å². The Labute approximate surface area is 172 Å². The third-order valence-corrected chi connectivity index (χ3v) is 7.10. The van der Waals surface area contributed by atoms with E-state index in [2.05, 4.69) is 20.1 Å². The molecule has 0 spiro atoms. The van der Waals surface area contributed by atoms with Crippen LogP contribution in [0.2, 0.25) is 0 Å². The smallest absolute Gasteiger partial charge is 0.341 e. The molecule has 1 fully saturated rings. The van der Waals surface area contributed by atoms with Gasteiger partial charge < -0.3 is 10.2 Å². The third kappa shape index (κ3) is 5.09. The number of pyridine rings is 1. The molecule has 11 heteroatoms. The van der Waals surface area contributed by atoms with Crippen molar-refractivity contribution >= 4 is 32.9 Å². The second-order valence-electron chi connectivity index (χ2n) is 6.77. The highest BCUT2D eigenvalue weighted by molar-refractivity contribution is 7.92. The molecule has 7 nitrogen and oxygen atoms in total. The van der Waals surface area contributed by atoms with Gasteiger partial charge in [0.15, 0.2) is 0 Å². The predicted molar refractivity (Wildman–Crippen MR) is 107 cm³/mol. The molecule has 2 aromatic heterocycles. The maximum atomic E-state index is 12.8. The minimum atomic E-state index is -4.81. The predicted octanol–water partition coefficient (Wildman–Crippen LogP) is 2.08. The fourth-order valence-corrected chi connectivity index (χ4v) is 5.28. The van der Waals surface area contributed by atoms with Gasteiger partial charge in [0.2, 0.25) is 9.84 Å². The molecule has 1 atom stereocenters. The highest BCUT2D eigenvalue weighted by Gasteiger charge is 2.32. The molecule has 0 radical (unpaired) electrons. The topological polar surface area (TPSA) is 82.6 Å². The first-order valence-electron chi connectivity index (χ1n) is 9.08. The molecule has 1 saturated heterocycles. The van der Waals surface area contributed by atoms with Crippen molar-refractivity contribution in [2.45, 2.75) is 23.6 Å². The van der Waals surface area contributed by atoms with E-state index in [1.165, 1.54) is 5.38 Å². The number of piperazine rings is 1. The Morgan fingerprint density at radius 1 is 1.24 bits per heavy atom. The van der Waals surface area contributed by atoms with E-state index in [0.717, 1.165) is 49.4 Å². The van der Waals surface area contributed by atoms with Gasteiger partial charge in [-0.3, -0.25) is 9.69 Å². The molecule has 1 aliphatic rings. The Balaban J connectivity index is 1.54. The maximum Gasteiger partial charge on any atom is 0.341 e. The first kappa shape index (κ1) is 21.6. The van der Waals surface area contributed by atoms with Crippen LogP contribution < -0.4 is 10.2 Å². The number of sulfone groups is 1. The van der Waals surface area contributed by atoms with Gasteiger partial charge in [0, 0.05) is 45.0 Å². The lowest BCUT2D eigenvalue weighted by Crippen LogP contribution is -2.51. The van der Waals surface area contributed by atoms with E-state index in [1.54, 1.807) is 13.1 Å². The van der Waals surface area contributed by atoms with Gasteiger partial charge in [-0.15, -0.1) is 11.3 Å². The van der Waals surface area contributed by atoms with Crippen molar-refractivity contribution in [3.8, 4) is 0 Å². The molecule has 0 aromatic carbocycles. The number of aromatic nitrogens is 1. The zero-order valence-electron chi connectivity index (χ0n) is 15.8. The van der Waals surface area contributed by atoms with E-state index in [0.29, 0.717) is 6.54 Å².